The summed E-state index contributed by atoms with van der Waals surface area (Å²) in [6, 6.07) is 11.8. The van der Waals surface area contributed by atoms with Crippen molar-refractivity contribution in [2.75, 3.05) is 33.9 Å². The first-order valence-electron chi connectivity index (χ1n) is 7.31. The monoisotopic (exact) mass is 262 g/mol. The third kappa shape index (κ3) is 3.78. The molecule has 3 nitrogen and oxygen atoms in total. The average Bonchev–Trinajstić information content (AvgIpc) is 2.47. The summed E-state index contributed by atoms with van der Waals surface area (Å²) in [5, 5.41) is 3.33. The van der Waals surface area contributed by atoms with Crippen molar-refractivity contribution >= 4 is 0 Å². The molecule has 0 bridgehead atoms. The van der Waals surface area contributed by atoms with E-state index in [1.54, 1.807) is 7.11 Å². The topological polar surface area (TPSA) is 24.5 Å². The van der Waals surface area contributed by atoms with Crippen LogP contribution in [0.5, 0.6) is 0 Å². The Kier molecular flexibility index (Phi) is 5.83. The van der Waals surface area contributed by atoms with Gasteiger partial charge < -0.3 is 10.1 Å². The standard InChI is InChI=1S/C16H26N2O/c1-17-12-15-10-6-7-11-18(15)16(13-19-2)14-8-4-3-5-9-14/h3-5,8-9,15-17H,6-7,10-13H2,1-2H3. The predicted octanol–water partition coefficient (Wildman–Crippen LogP) is 2.45. The molecule has 3 heteroatoms. The van der Waals surface area contributed by atoms with Crippen LogP contribution in [-0.4, -0.2) is 44.8 Å². The Bertz CT molecular complexity index is 353. The molecule has 0 aliphatic carbocycles. The highest BCUT2D eigenvalue weighted by atomic mass is 16.5. The Morgan fingerprint density at radius 2 is 2.11 bits per heavy atom. The number of rotatable bonds is 6. The van der Waals surface area contributed by atoms with Crippen LogP contribution in [0.2, 0.25) is 0 Å². The summed E-state index contributed by atoms with van der Waals surface area (Å²) < 4.78 is 5.48. The van der Waals surface area contributed by atoms with E-state index in [1.807, 2.05) is 7.05 Å². The number of likely N-dealkylation sites (tertiary alicyclic amines) is 1. The van der Waals surface area contributed by atoms with E-state index in [4.69, 9.17) is 4.74 Å². The van der Waals surface area contributed by atoms with Crippen LogP contribution >= 0.6 is 0 Å². The Morgan fingerprint density at radius 1 is 1.32 bits per heavy atom. The van der Waals surface area contributed by atoms with E-state index < -0.39 is 0 Å². The zero-order valence-corrected chi connectivity index (χ0v) is 12.1. The number of likely N-dealkylation sites (N-methyl/N-ethyl adjacent to an activating group) is 1. The largest absolute Gasteiger partial charge is 0.383 e. The van der Waals surface area contributed by atoms with E-state index in [9.17, 15) is 0 Å². The van der Waals surface area contributed by atoms with Crippen molar-refractivity contribution in [3.8, 4) is 0 Å². The zero-order valence-electron chi connectivity index (χ0n) is 12.1. The highest BCUT2D eigenvalue weighted by Gasteiger charge is 2.29. The first-order chi connectivity index (χ1) is 9.36. The molecule has 1 N–H and O–H groups in total. The molecule has 1 fully saturated rings. The van der Waals surface area contributed by atoms with Crippen LogP contribution in [0.15, 0.2) is 30.3 Å². The van der Waals surface area contributed by atoms with Gasteiger partial charge >= 0.3 is 0 Å². The van der Waals surface area contributed by atoms with Crippen LogP contribution in [0.4, 0.5) is 0 Å². The smallest absolute Gasteiger partial charge is 0.0659 e. The summed E-state index contributed by atoms with van der Waals surface area (Å²) in [5.41, 5.74) is 1.37. The fraction of sp³-hybridized carbons (Fsp3) is 0.625. The summed E-state index contributed by atoms with van der Waals surface area (Å²) in [4.78, 5) is 2.62. The van der Waals surface area contributed by atoms with Crippen LogP contribution < -0.4 is 5.32 Å². The highest BCUT2D eigenvalue weighted by molar-refractivity contribution is 5.19. The molecule has 0 spiro atoms. The molecule has 1 heterocycles. The van der Waals surface area contributed by atoms with Crippen LogP contribution in [0.1, 0.15) is 30.9 Å². The van der Waals surface area contributed by atoms with Crippen molar-refractivity contribution in [1.29, 1.82) is 0 Å². The molecule has 0 radical (unpaired) electrons. The van der Waals surface area contributed by atoms with Crippen LogP contribution in [0.25, 0.3) is 0 Å². The molecule has 2 atom stereocenters. The number of methoxy groups -OCH3 is 1. The number of ether oxygens (including phenoxy) is 1. The van der Waals surface area contributed by atoms with Gasteiger partial charge in [0.05, 0.1) is 12.6 Å². The lowest BCUT2D eigenvalue weighted by Gasteiger charge is -2.41. The van der Waals surface area contributed by atoms with Crippen molar-refractivity contribution < 1.29 is 4.74 Å². The molecular formula is C16H26N2O. The fourth-order valence-corrected chi connectivity index (χ4v) is 3.10. The average molecular weight is 262 g/mol. The van der Waals surface area contributed by atoms with Gasteiger partial charge in [0.1, 0.15) is 0 Å². The first-order valence-corrected chi connectivity index (χ1v) is 7.31. The van der Waals surface area contributed by atoms with Gasteiger partial charge in [0.15, 0.2) is 0 Å². The molecule has 1 aliphatic heterocycles. The molecule has 1 saturated heterocycles. The van der Waals surface area contributed by atoms with Gasteiger partial charge in [-0.3, -0.25) is 4.90 Å². The van der Waals surface area contributed by atoms with Gasteiger partial charge in [0.2, 0.25) is 0 Å². The summed E-state index contributed by atoms with van der Waals surface area (Å²) >= 11 is 0. The van der Waals surface area contributed by atoms with Gasteiger partial charge in [0, 0.05) is 19.7 Å². The molecule has 2 unspecified atom stereocenters. The van der Waals surface area contributed by atoms with E-state index in [1.165, 1.54) is 31.4 Å². The minimum Gasteiger partial charge on any atom is -0.383 e. The fourth-order valence-electron chi connectivity index (χ4n) is 3.10. The highest BCUT2D eigenvalue weighted by Crippen LogP contribution is 2.28. The van der Waals surface area contributed by atoms with Gasteiger partial charge in [0.25, 0.3) is 0 Å². The van der Waals surface area contributed by atoms with Gasteiger partial charge in [-0.05, 0) is 32.0 Å². The van der Waals surface area contributed by atoms with Crippen molar-refractivity contribution in [1.82, 2.24) is 10.2 Å². The number of hydrogen-bond donors (Lipinski definition) is 1. The minimum atomic E-state index is 0.379. The molecule has 1 aromatic carbocycles. The van der Waals surface area contributed by atoms with Gasteiger partial charge in [-0.1, -0.05) is 36.8 Å². The lowest BCUT2D eigenvalue weighted by Crippen LogP contribution is -2.47. The molecular weight excluding hydrogens is 236 g/mol. The maximum atomic E-state index is 5.48. The van der Waals surface area contributed by atoms with Crippen LogP contribution in [0, 0.1) is 0 Å². The van der Waals surface area contributed by atoms with E-state index in [2.05, 4.69) is 40.5 Å². The summed E-state index contributed by atoms with van der Waals surface area (Å²) in [5.74, 6) is 0. The molecule has 106 valence electrons. The van der Waals surface area contributed by atoms with E-state index in [-0.39, 0.29) is 0 Å². The summed E-state index contributed by atoms with van der Waals surface area (Å²) in [6.45, 7) is 3.01. The van der Waals surface area contributed by atoms with E-state index in [0.717, 1.165) is 13.2 Å². The van der Waals surface area contributed by atoms with Gasteiger partial charge in [-0.2, -0.15) is 0 Å². The second kappa shape index (κ2) is 7.63. The second-order valence-electron chi connectivity index (χ2n) is 5.33. The summed E-state index contributed by atoms with van der Waals surface area (Å²) in [6.07, 6.45) is 3.93. The number of nitrogens with zero attached hydrogens (tertiary/aromatic N) is 1. The van der Waals surface area contributed by atoms with E-state index in [0.29, 0.717) is 12.1 Å². The van der Waals surface area contributed by atoms with Crippen LogP contribution in [-0.2, 0) is 4.74 Å². The molecule has 0 aromatic heterocycles. The molecule has 0 amide bonds. The predicted molar refractivity (Wildman–Crippen MR) is 79.3 cm³/mol. The zero-order chi connectivity index (χ0) is 13.5. The first kappa shape index (κ1) is 14.5. The quantitative estimate of drug-likeness (QED) is 0.852. The molecule has 19 heavy (non-hydrogen) atoms. The number of piperidine rings is 1. The summed E-state index contributed by atoms with van der Waals surface area (Å²) in [7, 11) is 3.84. The van der Waals surface area contributed by atoms with Crippen molar-refractivity contribution in [2.45, 2.75) is 31.3 Å². The molecule has 1 aromatic rings. The second-order valence-corrected chi connectivity index (χ2v) is 5.33. The van der Waals surface area contributed by atoms with Gasteiger partial charge in [-0.15, -0.1) is 0 Å². The van der Waals surface area contributed by atoms with Crippen molar-refractivity contribution in [3.05, 3.63) is 35.9 Å². The minimum absolute atomic E-state index is 0.379. The Balaban J connectivity index is 2.16. The SMILES string of the molecule is CNCC1CCCCN1C(COC)c1ccccc1. The van der Waals surface area contributed by atoms with E-state index >= 15 is 0 Å². The maximum Gasteiger partial charge on any atom is 0.0659 e. The molecule has 0 saturated carbocycles. The Labute approximate surface area is 116 Å². The number of nitrogens with one attached hydrogen (secondary N) is 1. The van der Waals surface area contributed by atoms with Crippen molar-refractivity contribution in [2.24, 2.45) is 0 Å². The Morgan fingerprint density at radius 3 is 2.79 bits per heavy atom. The van der Waals surface area contributed by atoms with Gasteiger partial charge in [-0.25, -0.2) is 0 Å². The Hall–Kier alpha value is -0.900. The maximum absolute atomic E-state index is 5.48. The van der Waals surface area contributed by atoms with Crippen LogP contribution in [0.3, 0.4) is 0 Å². The third-order valence-corrected chi connectivity index (χ3v) is 4.02. The third-order valence-electron chi connectivity index (χ3n) is 4.02. The van der Waals surface area contributed by atoms with Crippen molar-refractivity contribution in [3.63, 3.8) is 0 Å². The lowest BCUT2D eigenvalue weighted by atomic mass is 9.96. The number of benzene rings is 1. The molecule has 1 aliphatic rings. The lowest BCUT2D eigenvalue weighted by molar-refractivity contribution is 0.0400. The molecule has 2 rings (SSSR count). The normalized spacial score (nSPS) is 22.3. The number of hydrogen-bond acceptors (Lipinski definition) is 3.